The standard InChI is InChI=1S/C14H19BrN2O2/c1-9-6-10(4-5-11(9)15)17-12(7-18)13(19)16-8-14(17,2)3/h4-6,12,18H,7-8H2,1-3H3,(H,16,19). The third-order valence-corrected chi connectivity index (χ3v) is 4.44. The monoisotopic (exact) mass is 326 g/mol. The number of rotatable bonds is 2. The van der Waals surface area contributed by atoms with E-state index in [4.69, 9.17) is 0 Å². The Morgan fingerprint density at radius 2 is 2.21 bits per heavy atom. The van der Waals surface area contributed by atoms with E-state index in [0.29, 0.717) is 6.54 Å². The maximum absolute atomic E-state index is 11.9. The van der Waals surface area contributed by atoms with Gasteiger partial charge >= 0.3 is 0 Å². The van der Waals surface area contributed by atoms with Crippen molar-refractivity contribution in [3.05, 3.63) is 28.2 Å². The molecule has 104 valence electrons. The van der Waals surface area contributed by atoms with Crippen LogP contribution in [-0.4, -0.2) is 35.7 Å². The van der Waals surface area contributed by atoms with Crippen molar-refractivity contribution >= 4 is 27.5 Å². The summed E-state index contributed by atoms with van der Waals surface area (Å²) in [6.07, 6.45) is 0. The molecule has 1 heterocycles. The molecular weight excluding hydrogens is 308 g/mol. The van der Waals surface area contributed by atoms with Gasteiger partial charge < -0.3 is 15.3 Å². The highest BCUT2D eigenvalue weighted by Crippen LogP contribution is 2.31. The average Bonchev–Trinajstić information content (AvgIpc) is 2.35. The van der Waals surface area contributed by atoms with Crippen LogP contribution in [-0.2, 0) is 4.79 Å². The van der Waals surface area contributed by atoms with E-state index in [-0.39, 0.29) is 18.1 Å². The van der Waals surface area contributed by atoms with E-state index >= 15 is 0 Å². The van der Waals surface area contributed by atoms with Crippen LogP contribution in [0.3, 0.4) is 0 Å². The van der Waals surface area contributed by atoms with Gasteiger partial charge in [0.25, 0.3) is 0 Å². The highest BCUT2D eigenvalue weighted by molar-refractivity contribution is 9.10. The first-order chi connectivity index (χ1) is 8.86. The highest BCUT2D eigenvalue weighted by atomic mass is 79.9. The summed E-state index contributed by atoms with van der Waals surface area (Å²) >= 11 is 3.48. The van der Waals surface area contributed by atoms with Gasteiger partial charge in [-0.25, -0.2) is 0 Å². The van der Waals surface area contributed by atoms with Crippen molar-refractivity contribution in [1.29, 1.82) is 0 Å². The zero-order chi connectivity index (χ0) is 14.2. The zero-order valence-electron chi connectivity index (χ0n) is 11.4. The minimum Gasteiger partial charge on any atom is -0.394 e. The summed E-state index contributed by atoms with van der Waals surface area (Å²) in [5.41, 5.74) is 1.83. The lowest BCUT2D eigenvalue weighted by atomic mass is 9.94. The molecule has 1 aliphatic rings. The molecule has 0 saturated carbocycles. The zero-order valence-corrected chi connectivity index (χ0v) is 13.0. The Kier molecular flexibility index (Phi) is 3.87. The van der Waals surface area contributed by atoms with Crippen LogP contribution in [0.4, 0.5) is 5.69 Å². The van der Waals surface area contributed by atoms with Gasteiger partial charge in [0.05, 0.1) is 12.1 Å². The summed E-state index contributed by atoms with van der Waals surface area (Å²) < 4.78 is 1.04. The summed E-state index contributed by atoms with van der Waals surface area (Å²) in [5, 5.41) is 12.4. The second kappa shape index (κ2) is 5.13. The van der Waals surface area contributed by atoms with E-state index < -0.39 is 6.04 Å². The van der Waals surface area contributed by atoms with Crippen molar-refractivity contribution in [3.63, 3.8) is 0 Å². The molecule has 19 heavy (non-hydrogen) atoms. The Balaban J connectivity index is 2.47. The van der Waals surface area contributed by atoms with Crippen LogP contribution in [0.2, 0.25) is 0 Å². The van der Waals surface area contributed by atoms with Gasteiger partial charge in [0.15, 0.2) is 0 Å². The molecule has 1 amide bonds. The normalized spacial score (nSPS) is 22.3. The molecule has 0 spiro atoms. The molecule has 0 aliphatic carbocycles. The Bertz CT molecular complexity index is 502. The molecular formula is C14H19BrN2O2. The lowest BCUT2D eigenvalue weighted by molar-refractivity contribution is -0.125. The van der Waals surface area contributed by atoms with Gasteiger partial charge in [-0.05, 0) is 44.5 Å². The molecule has 2 N–H and O–H groups in total. The van der Waals surface area contributed by atoms with E-state index in [1.165, 1.54) is 0 Å². The van der Waals surface area contributed by atoms with Crippen molar-refractivity contribution in [2.75, 3.05) is 18.1 Å². The molecule has 1 atom stereocenters. The minimum absolute atomic E-state index is 0.123. The Labute approximate surface area is 121 Å². The lowest BCUT2D eigenvalue weighted by Crippen LogP contribution is -2.67. The summed E-state index contributed by atoms with van der Waals surface area (Å²) in [4.78, 5) is 13.9. The van der Waals surface area contributed by atoms with Gasteiger partial charge in [0, 0.05) is 16.7 Å². The number of hydrogen-bond acceptors (Lipinski definition) is 3. The maximum atomic E-state index is 11.9. The van der Waals surface area contributed by atoms with E-state index in [2.05, 4.69) is 35.1 Å². The van der Waals surface area contributed by atoms with Gasteiger partial charge in [-0.1, -0.05) is 15.9 Å². The number of benzene rings is 1. The first-order valence-electron chi connectivity index (χ1n) is 6.31. The fourth-order valence-corrected chi connectivity index (χ4v) is 2.76. The van der Waals surface area contributed by atoms with E-state index in [9.17, 15) is 9.90 Å². The van der Waals surface area contributed by atoms with Crippen LogP contribution < -0.4 is 10.2 Å². The quantitative estimate of drug-likeness (QED) is 0.871. The number of aryl methyl sites for hydroxylation is 1. The van der Waals surface area contributed by atoms with Gasteiger partial charge in [-0.2, -0.15) is 0 Å². The van der Waals surface area contributed by atoms with Crippen LogP contribution in [0.1, 0.15) is 19.4 Å². The minimum atomic E-state index is -0.538. The molecule has 0 radical (unpaired) electrons. The van der Waals surface area contributed by atoms with Crippen LogP contribution in [0.5, 0.6) is 0 Å². The number of anilines is 1. The topological polar surface area (TPSA) is 52.6 Å². The smallest absolute Gasteiger partial charge is 0.245 e. The largest absolute Gasteiger partial charge is 0.394 e. The van der Waals surface area contributed by atoms with Gasteiger partial charge in [0.1, 0.15) is 6.04 Å². The third-order valence-electron chi connectivity index (χ3n) is 3.55. The number of nitrogens with zero attached hydrogens (tertiary/aromatic N) is 1. The second-order valence-corrected chi connectivity index (χ2v) is 6.39. The molecule has 0 bridgehead atoms. The summed E-state index contributed by atoms with van der Waals surface area (Å²) in [7, 11) is 0. The molecule has 2 rings (SSSR count). The summed E-state index contributed by atoms with van der Waals surface area (Å²) in [5.74, 6) is -0.123. The molecule has 1 aliphatic heterocycles. The predicted molar refractivity (Wildman–Crippen MR) is 79.3 cm³/mol. The third kappa shape index (κ3) is 2.62. The Hall–Kier alpha value is -1.07. The first kappa shape index (κ1) is 14.3. The molecule has 1 fully saturated rings. The molecule has 1 saturated heterocycles. The molecule has 1 unspecified atom stereocenters. The second-order valence-electron chi connectivity index (χ2n) is 5.53. The van der Waals surface area contributed by atoms with Gasteiger partial charge in [-0.3, -0.25) is 4.79 Å². The predicted octanol–water partition coefficient (Wildman–Crippen LogP) is 1.83. The number of amides is 1. The van der Waals surface area contributed by atoms with E-state index in [0.717, 1.165) is 15.7 Å². The number of carbonyl (C=O) groups is 1. The van der Waals surface area contributed by atoms with Crippen molar-refractivity contribution in [3.8, 4) is 0 Å². The van der Waals surface area contributed by atoms with E-state index in [1.807, 2.05) is 30.0 Å². The Morgan fingerprint density at radius 3 is 2.79 bits per heavy atom. The molecule has 1 aromatic carbocycles. The summed E-state index contributed by atoms with van der Waals surface area (Å²) in [6, 6.07) is 5.44. The van der Waals surface area contributed by atoms with Crippen LogP contribution >= 0.6 is 15.9 Å². The van der Waals surface area contributed by atoms with Crippen molar-refractivity contribution < 1.29 is 9.90 Å². The van der Waals surface area contributed by atoms with E-state index in [1.54, 1.807) is 0 Å². The Morgan fingerprint density at radius 1 is 1.53 bits per heavy atom. The number of piperazine rings is 1. The van der Waals surface area contributed by atoms with Crippen LogP contribution in [0, 0.1) is 6.92 Å². The van der Waals surface area contributed by atoms with Crippen LogP contribution in [0.15, 0.2) is 22.7 Å². The first-order valence-corrected chi connectivity index (χ1v) is 7.10. The molecule has 5 heteroatoms. The van der Waals surface area contributed by atoms with Gasteiger partial charge in [0.2, 0.25) is 5.91 Å². The number of carbonyl (C=O) groups excluding carboxylic acids is 1. The summed E-state index contributed by atoms with van der Waals surface area (Å²) in [6.45, 7) is 6.51. The van der Waals surface area contributed by atoms with Crippen molar-refractivity contribution in [2.24, 2.45) is 0 Å². The van der Waals surface area contributed by atoms with Crippen molar-refractivity contribution in [2.45, 2.75) is 32.4 Å². The fraction of sp³-hybridized carbons (Fsp3) is 0.500. The number of nitrogens with one attached hydrogen (secondary N) is 1. The maximum Gasteiger partial charge on any atom is 0.245 e. The number of aliphatic hydroxyl groups is 1. The molecule has 4 nitrogen and oxygen atoms in total. The number of aliphatic hydroxyl groups excluding tert-OH is 1. The van der Waals surface area contributed by atoms with Crippen molar-refractivity contribution in [1.82, 2.24) is 5.32 Å². The lowest BCUT2D eigenvalue weighted by Gasteiger charge is -2.48. The molecule has 1 aromatic rings. The van der Waals surface area contributed by atoms with Gasteiger partial charge in [-0.15, -0.1) is 0 Å². The fourth-order valence-electron chi connectivity index (χ4n) is 2.52. The molecule has 0 aromatic heterocycles. The number of hydrogen-bond donors (Lipinski definition) is 2. The van der Waals surface area contributed by atoms with Crippen LogP contribution in [0.25, 0.3) is 0 Å². The average molecular weight is 327 g/mol. The number of halogens is 1. The highest BCUT2D eigenvalue weighted by Gasteiger charge is 2.40. The SMILES string of the molecule is Cc1cc(N2C(CO)C(=O)NCC2(C)C)ccc1Br.